The van der Waals surface area contributed by atoms with Gasteiger partial charge in [-0.1, -0.05) is 0 Å². The third-order valence-corrected chi connectivity index (χ3v) is 2.17. The first-order valence-corrected chi connectivity index (χ1v) is 5.22. The van der Waals surface area contributed by atoms with E-state index < -0.39 is 0 Å². The molecule has 0 heterocycles. The van der Waals surface area contributed by atoms with Gasteiger partial charge in [-0.2, -0.15) is 5.10 Å². The van der Waals surface area contributed by atoms with Crippen molar-refractivity contribution in [3.05, 3.63) is 17.7 Å². The maximum atomic E-state index is 10.7. The van der Waals surface area contributed by atoms with E-state index in [9.17, 15) is 4.79 Å². The zero-order chi connectivity index (χ0) is 13.5. The first-order valence-electron chi connectivity index (χ1n) is 5.22. The average molecular weight is 252 g/mol. The number of nitrogens with zero attached hydrogens (tertiary/aromatic N) is 1. The summed E-state index contributed by atoms with van der Waals surface area (Å²) in [5.74, 6) is 1.44. The highest BCUT2D eigenvalue weighted by Gasteiger charge is 2.11. The van der Waals surface area contributed by atoms with E-state index in [1.54, 1.807) is 19.2 Å². The van der Waals surface area contributed by atoms with Gasteiger partial charge < -0.3 is 14.2 Å². The zero-order valence-corrected chi connectivity index (χ0v) is 10.8. The van der Waals surface area contributed by atoms with Crippen molar-refractivity contribution in [2.24, 2.45) is 5.10 Å². The van der Waals surface area contributed by atoms with Gasteiger partial charge in [0.25, 0.3) is 0 Å². The molecule has 0 aliphatic carbocycles. The summed E-state index contributed by atoms with van der Waals surface area (Å²) >= 11 is 0. The van der Waals surface area contributed by atoms with E-state index >= 15 is 0 Å². The third-order valence-electron chi connectivity index (χ3n) is 2.17. The molecule has 0 aliphatic rings. The average Bonchev–Trinajstić information content (AvgIpc) is 2.37. The summed E-state index contributed by atoms with van der Waals surface area (Å²) in [5.41, 5.74) is 2.93. The second-order valence-corrected chi connectivity index (χ2v) is 3.37. The number of hydrazone groups is 1. The van der Waals surface area contributed by atoms with E-state index in [1.165, 1.54) is 27.4 Å². The molecule has 98 valence electrons. The fourth-order valence-electron chi connectivity index (χ4n) is 1.35. The molecule has 1 aromatic rings. The minimum absolute atomic E-state index is 0.252. The molecule has 0 aliphatic heterocycles. The smallest absolute Gasteiger partial charge is 0.236 e. The number of hydrogen-bond acceptors (Lipinski definition) is 5. The lowest BCUT2D eigenvalue weighted by molar-refractivity contribution is -0.118. The van der Waals surface area contributed by atoms with Gasteiger partial charge in [-0.3, -0.25) is 4.79 Å². The van der Waals surface area contributed by atoms with Gasteiger partial charge in [0.1, 0.15) is 17.2 Å². The maximum absolute atomic E-state index is 10.7. The summed E-state index contributed by atoms with van der Waals surface area (Å²) in [5, 5.41) is 3.79. The summed E-state index contributed by atoms with van der Waals surface area (Å²) in [6.07, 6.45) is 1.46. The van der Waals surface area contributed by atoms with E-state index in [4.69, 9.17) is 14.2 Å². The molecule has 0 radical (unpaired) electrons. The predicted molar refractivity (Wildman–Crippen MR) is 67.5 cm³/mol. The highest BCUT2D eigenvalue weighted by Crippen LogP contribution is 2.32. The van der Waals surface area contributed by atoms with Crippen LogP contribution in [-0.2, 0) is 4.79 Å². The molecule has 1 rings (SSSR count). The monoisotopic (exact) mass is 252 g/mol. The molecule has 18 heavy (non-hydrogen) atoms. The van der Waals surface area contributed by atoms with E-state index in [1.807, 2.05) is 0 Å². The van der Waals surface area contributed by atoms with Crippen molar-refractivity contribution in [1.82, 2.24) is 5.43 Å². The van der Waals surface area contributed by atoms with Crippen molar-refractivity contribution in [3.63, 3.8) is 0 Å². The number of rotatable bonds is 5. The molecule has 0 spiro atoms. The van der Waals surface area contributed by atoms with Crippen molar-refractivity contribution in [2.75, 3.05) is 21.3 Å². The third kappa shape index (κ3) is 3.38. The topological polar surface area (TPSA) is 69.2 Å². The summed E-state index contributed by atoms with van der Waals surface area (Å²) in [6, 6.07) is 3.41. The SMILES string of the molecule is COc1cc(OC)c(/C=N\NC(C)=O)c(OC)c1. The number of carbonyl (C=O) groups is 1. The number of hydrogen-bond donors (Lipinski definition) is 1. The first kappa shape index (κ1) is 13.8. The van der Waals surface area contributed by atoms with Crippen molar-refractivity contribution in [1.29, 1.82) is 0 Å². The standard InChI is InChI=1S/C12H16N2O4/c1-8(15)14-13-7-10-11(17-3)5-9(16-2)6-12(10)18-4/h5-7H,1-4H3,(H,14,15)/b13-7-. The number of methoxy groups -OCH3 is 3. The van der Waals surface area contributed by atoms with Crippen LogP contribution in [0.15, 0.2) is 17.2 Å². The van der Waals surface area contributed by atoms with Crippen LogP contribution in [0.1, 0.15) is 12.5 Å². The second-order valence-electron chi connectivity index (χ2n) is 3.37. The number of amides is 1. The Hall–Kier alpha value is -2.24. The van der Waals surface area contributed by atoms with Crippen molar-refractivity contribution < 1.29 is 19.0 Å². The Bertz CT molecular complexity index is 432. The van der Waals surface area contributed by atoms with Crippen LogP contribution in [0, 0.1) is 0 Å². The quantitative estimate of drug-likeness (QED) is 0.631. The molecule has 0 saturated carbocycles. The lowest BCUT2D eigenvalue weighted by Crippen LogP contribution is -2.12. The molecule has 1 N–H and O–H groups in total. The van der Waals surface area contributed by atoms with Gasteiger partial charge in [-0.15, -0.1) is 0 Å². The molecular formula is C12H16N2O4. The fourth-order valence-corrected chi connectivity index (χ4v) is 1.35. The molecule has 0 aromatic heterocycles. The summed E-state index contributed by atoms with van der Waals surface area (Å²) in [7, 11) is 4.62. The van der Waals surface area contributed by atoms with Crippen molar-refractivity contribution in [2.45, 2.75) is 6.92 Å². The van der Waals surface area contributed by atoms with E-state index in [0.29, 0.717) is 22.8 Å². The summed E-state index contributed by atoms with van der Waals surface area (Å²) in [6.45, 7) is 1.37. The van der Waals surface area contributed by atoms with Gasteiger partial charge in [0.05, 0.1) is 33.1 Å². The highest BCUT2D eigenvalue weighted by molar-refractivity contribution is 5.88. The molecule has 0 unspecified atom stereocenters. The Balaban J connectivity index is 3.14. The Morgan fingerprint density at radius 3 is 2.11 bits per heavy atom. The maximum Gasteiger partial charge on any atom is 0.236 e. The Morgan fingerprint density at radius 2 is 1.72 bits per heavy atom. The van der Waals surface area contributed by atoms with Gasteiger partial charge in [-0.05, 0) is 0 Å². The highest BCUT2D eigenvalue weighted by atomic mass is 16.5. The van der Waals surface area contributed by atoms with E-state index in [0.717, 1.165) is 0 Å². The van der Waals surface area contributed by atoms with Gasteiger partial charge in [0, 0.05) is 19.1 Å². The zero-order valence-electron chi connectivity index (χ0n) is 10.8. The van der Waals surface area contributed by atoms with Gasteiger partial charge in [-0.25, -0.2) is 5.43 Å². The van der Waals surface area contributed by atoms with Gasteiger partial charge in [0.15, 0.2) is 0 Å². The van der Waals surface area contributed by atoms with Crippen LogP contribution in [0.2, 0.25) is 0 Å². The Morgan fingerprint density at radius 1 is 1.17 bits per heavy atom. The van der Waals surface area contributed by atoms with Crippen molar-refractivity contribution in [3.8, 4) is 17.2 Å². The van der Waals surface area contributed by atoms with Crippen LogP contribution in [0.5, 0.6) is 17.2 Å². The van der Waals surface area contributed by atoms with E-state index in [2.05, 4.69) is 10.5 Å². The second kappa shape index (κ2) is 6.48. The first-order chi connectivity index (χ1) is 8.62. The molecule has 1 amide bonds. The number of benzene rings is 1. The molecule has 0 fully saturated rings. The van der Waals surface area contributed by atoms with Crippen LogP contribution in [0.3, 0.4) is 0 Å². The van der Waals surface area contributed by atoms with E-state index in [-0.39, 0.29) is 5.91 Å². The van der Waals surface area contributed by atoms with Crippen LogP contribution >= 0.6 is 0 Å². The fraction of sp³-hybridized carbons (Fsp3) is 0.333. The molecule has 0 atom stereocenters. The predicted octanol–water partition coefficient (Wildman–Crippen LogP) is 1.18. The normalized spacial score (nSPS) is 10.2. The minimum Gasteiger partial charge on any atom is -0.496 e. The molecule has 6 heteroatoms. The van der Waals surface area contributed by atoms with Crippen molar-refractivity contribution >= 4 is 12.1 Å². The summed E-state index contributed by atoms with van der Waals surface area (Å²) < 4.78 is 15.6. The molecular weight excluding hydrogens is 236 g/mol. The summed E-state index contributed by atoms with van der Waals surface area (Å²) in [4.78, 5) is 10.7. The molecule has 1 aromatic carbocycles. The molecule has 6 nitrogen and oxygen atoms in total. The van der Waals surface area contributed by atoms with Crippen LogP contribution in [-0.4, -0.2) is 33.5 Å². The van der Waals surface area contributed by atoms with Crippen LogP contribution in [0.25, 0.3) is 0 Å². The Kier molecular flexibility index (Phi) is 4.98. The minimum atomic E-state index is -0.252. The lowest BCUT2D eigenvalue weighted by Gasteiger charge is -2.11. The van der Waals surface area contributed by atoms with Gasteiger partial charge in [0.2, 0.25) is 5.91 Å². The molecule has 0 bridgehead atoms. The Labute approximate surface area is 106 Å². The van der Waals surface area contributed by atoms with Crippen LogP contribution in [0.4, 0.5) is 0 Å². The largest absolute Gasteiger partial charge is 0.496 e. The van der Waals surface area contributed by atoms with Gasteiger partial charge >= 0.3 is 0 Å². The lowest BCUT2D eigenvalue weighted by atomic mass is 10.2. The van der Waals surface area contributed by atoms with Crippen LogP contribution < -0.4 is 19.6 Å². The molecule has 0 saturated heterocycles. The number of carbonyl (C=O) groups excluding carboxylic acids is 1. The number of ether oxygens (including phenoxy) is 3. The number of nitrogens with one attached hydrogen (secondary N) is 1.